The molecule has 0 atom stereocenters. The van der Waals surface area contributed by atoms with E-state index in [0.29, 0.717) is 29.5 Å². The minimum atomic E-state index is -0.116. The maximum Gasteiger partial charge on any atom is 0.223 e. The number of nitrogens with one attached hydrogen (secondary N) is 1. The molecule has 1 rings (SSSR count). The smallest absolute Gasteiger partial charge is 0.223 e. The quantitative estimate of drug-likeness (QED) is 0.878. The van der Waals surface area contributed by atoms with Crippen LogP contribution in [0.5, 0.6) is 5.75 Å². The molecule has 2 amide bonds. The summed E-state index contributed by atoms with van der Waals surface area (Å²) in [6, 6.07) is 5.14. The second-order valence-corrected chi connectivity index (χ2v) is 5.34. The van der Waals surface area contributed by atoms with E-state index in [1.165, 1.54) is 14.0 Å². The van der Waals surface area contributed by atoms with Crippen molar-refractivity contribution < 1.29 is 14.3 Å². The molecule has 0 radical (unpaired) electrons. The van der Waals surface area contributed by atoms with Crippen LogP contribution in [0.15, 0.2) is 18.2 Å². The zero-order valence-corrected chi connectivity index (χ0v) is 13.5. The summed E-state index contributed by atoms with van der Waals surface area (Å²) in [7, 11) is 1.53. The van der Waals surface area contributed by atoms with Crippen molar-refractivity contribution in [3.8, 4) is 5.75 Å². The van der Waals surface area contributed by atoms with Crippen molar-refractivity contribution in [3.05, 3.63) is 23.2 Å². The summed E-state index contributed by atoms with van der Waals surface area (Å²) in [5.74, 6) is 0.324. The molecule has 0 fully saturated rings. The number of hydrogen-bond acceptors (Lipinski definition) is 3. The van der Waals surface area contributed by atoms with Crippen LogP contribution in [0.2, 0.25) is 5.02 Å². The van der Waals surface area contributed by atoms with E-state index in [4.69, 9.17) is 16.3 Å². The third-order valence-electron chi connectivity index (χ3n) is 2.99. The van der Waals surface area contributed by atoms with Gasteiger partial charge in [-0.1, -0.05) is 25.4 Å². The average Bonchev–Trinajstić information content (AvgIpc) is 2.42. The molecule has 0 heterocycles. The Kier molecular flexibility index (Phi) is 6.49. The summed E-state index contributed by atoms with van der Waals surface area (Å²) < 4.78 is 5.09. The van der Waals surface area contributed by atoms with Crippen LogP contribution in [0.25, 0.3) is 0 Å². The number of benzene rings is 1. The molecule has 21 heavy (non-hydrogen) atoms. The Bertz CT molecular complexity index is 518. The molecular formula is C15H21ClN2O3. The number of halogens is 1. The van der Waals surface area contributed by atoms with Gasteiger partial charge in [0.25, 0.3) is 0 Å². The number of rotatable bonds is 6. The normalized spacial score (nSPS) is 10.4. The second kappa shape index (κ2) is 7.88. The van der Waals surface area contributed by atoms with E-state index in [0.717, 1.165) is 0 Å². The zero-order chi connectivity index (χ0) is 16.0. The van der Waals surface area contributed by atoms with Gasteiger partial charge in [0, 0.05) is 31.6 Å². The Morgan fingerprint density at radius 3 is 2.52 bits per heavy atom. The van der Waals surface area contributed by atoms with Gasteiger partial charge in [-0.05, 0) is 18.2 Å². The predicted octanol–water partition coefficient (Wildman–Crippen LogP) is 2.47. The van der Waals surface area contributed by atoms with Crippen LogP contribution in [0.1, 0.15) is 20.8 Å². The maximum absolute atomic E-state index is 11.8. The summed E-state index contributed by atoms with van der Waals surface area (Å²) >= 11 is 6.07. The van der Waals surface area contributed by atoms with Crippen LogP contribution < -0.4 is 15.0 Å². The Morgan fingerprint density at radius 1 is 1.38 bits per heavy atom. The monoisotopic (exact) mass is 312 g/mol. The lowest BCUT2D eigenvalue weighted by molar-refractivity contribution is -0.124. The number of methoxy groups -OCH3 is 1. The number of ether oxygens (including phenoxy) is 1. The second-order valence-electron chi connectivity index (χ2n) is 4.94. The molecule has 116 valence electrons. The molecule has 0 aromatic heterocycles. The fourth-order valence-corrected chi connectivity index (χ4v) is 2.04. The van der Waals surface area contributed by atoms with Gasteiger partial charge in [0.15, 0.2) is 0 Å². The molecule has 1 aromatic rings. The summed E-state index contributed by atoms with van der Waals surface area (Å²) in [6.45, 7) is 5.89. The molecule has 0 unspecified atom stereocenters. The Hall–Kier alpha value is -1.75. The Balaban J connectivity index is 2.76. The third-order valence-corrected chi connectivity index (χ3v) is 3.28. The highest BCUT2D eigenvalue weighted by Crippen LogP contribution is 2.29. The Morgan fingerprint density at radius 2 is 2.05 bits per heavy atom. The molecule has 1 N–H and O–H groups in total. The first kappa shape index (κ1) is 17.3. The molecule has 0 spiro atoms. The third kappa shape index (κ3) is 4.93. The molecule has 0 saturated carbocycles. The summed E-state index contributed by atoms with van der Waals surface area (Å²) in [6.07, 6.45) is 0. The molecule has 0 bridgehead atoms. The molecule has 5 nitrogen and oxygen atoms in total. The topological polar surface area (TPSA) is 58.6 Å². The van der Waals surface area contributed by atoms with E-state index in [1.807, 2.05) is 13.8 Å². The van der Waals surface area contributed by atoms with Crippen LogP contribution in [0, 0.1) is 5.92 Å². The highest BCUT2D eigenvalue weighted by atomic mass is 35.5. The molecule has 0 aliphatic carbocycles. The number of carbonyl (C=O) groups excluding carboxylic acids is 2. The molecule has 0 aliphatic heterocycles. The van der Waals surface area contributed by atoms with Gasteiger partial charge >= 0.3 is 0 Å². The van der Waals surface area contributed by atoms with Crippen LogP contribution in [0.3, 0.4) is 0 Å². The Labute approximate surface area is 130 Å². The fraction of sp³-hybridized carbons (Fsp3) is 0.467. The minimum Gasteiger partial charge on any atom is -0.495 e. The van der Waals surface area contributed by atoms with Crippen molar-refractivity contribution in [2.24, 2.45) is 5.92 Å². The maximum atomic E-state index is 11.8. The van der Waals surface area contributed by atoms with Gasteiger partial charge in [-0.2, -0.15) is 0 Å². The lowest BCUT2D eigenvalue weighted by atomic mass is 10.2. The first-order valence-electron chi connectivity index (χ1n) is 6.76. The van der Waals surface area contributed by atoms with Crippen molar-refractivity contribution in [1.29, 1.82) is 0 Å². The molecule has 6 heteroatoms. The highest BCUT2D eigenvalue weighted by Gasteiger charge is 2.14. The van der Waals surface area contributed by atoms with Crippen molar-refractivity contribution in [1.82, 2.24) is 5.32 Å². The lowest BCUT2D eigenvalue weighted by Gasteiger charge is -2.22. The van der Waals surface area contributed by atoms with E-state index < -0.39 is 0 Å². The van der Waals surface area contributed by atoms with Gasteiger partial charge in [-0.3, -0.25) is 9.59 Å². The summed E-state index contributed by atoms with van der Waals surface area (Å²) in [5.41, 5.74) is 0.673. The van der Waals surface area contributed by atoms with Crippen molar-refractivity contribution in [3.63, 3.8) is 0 Å². The van der Waals surface area contributed by atoms with Gasteiger partial charge < -0.3 is 15.0 Å². The highest BCUT2D eigenvalue weighted by molar-refractivity contribution is 6.32. The SMILES string of the molecule is COc1ccc(N(CCNC(=O)C(C)C)C(C)=O)cc1Cl. The van der Waals surface area contributed by atoms with E-state index in [2.05, 4.69) is 5.32 Å². The first-order valence-corrected chi connectivity index (χ1v) is 7.14. The standard InChI is InChI=1S/C15H21ClN2O3/c1-10(2)15(20)17-7-8-18(11(3)19)12-5-6-14(21-4)13(16)9-12/h5-6,9-10H,7-8H2,1-4H3,(H,17,20). The van der Waals surface area contributed by atoms with E-state index >= 15 is 0 Å². The van der Waals surface area contributed by atoms with Crippen LogP contribution >= 0.6 is 11.6 Å². The van der Waals surface area contributed by atoms with Crippen molar-refractivity contribution >= 4 is 29.1 Å². The van der Waals surface area contributed by atoms with E-state index in [9.17, 15) is 9.59 Å². The summed E-state index contributed by atoms with van der Waals surface area (Å²) in [5, 5.41) is 3.22. The minimum absolute atomic E-state index is 0.0359. The average molecular weight is 313 g/mol. The number of anilines is 1. The molecule has 1 aromatic carbocycles. The van der Waals surface area contributed by atoms with E-state index in [1.54, 1.807) is 23.1 Å². The molecule has 0 aliphatic rings. The van der Waals surface area contributed by atoms with Crippen LogP contribution in [-0.2, 0) is 9.59 Å². The van der Waals surface area contributed by atoms with Crippen molar-refractivity contribution in [2.75, 3.05) is 25.1 Å². The summed E-state index contributed by atoms with van der Waals surface area (Å²) in [4.78, 5) is 24.8. The fourth-order valence-electron chi connectivity index (χ4n) is 1.79. The number of nitrogens with zero attached hydrogens (tertiary/aromatic N) is 1. The zero-order valence-electron chi connectivity index (χ0n) is 12.8. The van der Waals surface area contributed by atoms with Crippen molar-refractivity contribution in [2.45, 2.75) is 20.8 Å². The number of carbonyl (C=O) groups is 2. The predicted molar refractivity (Wildman–Crippen MR) is 83.9 cm³/mol. The van der Waals surface area contributed by atoms with Gasteiger partial charge in [-0.15, -0.1) is 0 Å². The van der Waals surface area contributed by atoms with Crippen LogP contribution in [-0.4, -0.2) is 32.0 Å². The van der Waals surface area contributed by atoms with Gasteiger partial charge in [-0.25, -0.2) is 0 Å². The lowest BCUT2D eigenvalue weighted by Crippen LogP contribution is -2.38. The van der Waals surface area contributed by atoms with Gasteiger partial charge in [0.05, 0.1) is 12.1 Å². The number of hydrogen-bond donors (Lipinski definition) is 1. The van der Waals surface area contributed by atoms with E-state index in [-0.39, 0.29) is 17.7 Å². The van der Waals surface area contributed by atoms with Gasteiger partial charge in [0.1, 0.15) is 5.75 Å². The van der Waals surface area contributed by atoms with Crippen LogP contribution in [0.4, 0.5) is 5.69 Å². The molecular weight excluding hydrogens is 292 g/mol. The molecule has 0 saturated heterocycles. The first-order chi connectivity index (χ1) is 9.86. The van der Waals surface area contributed by atoms with Gasteiger partial charge in [0.2, 0.25) is 11.8 Å². The largest absolute Gasteiger partial charge is 0.495 e. The number of amides is 2.